The summed E-state index contributed by atoms with van der Waals surface area (Å²) in [4.78, 5) is 14.3. The number of amides is 1. The van der Waals surface area contributed by atoms with Crippen LogP contribution >= 0.6 is 0 Å². The van der Waals surface area contributed by atoms with Crippen LogP contribution in [0.15, 0.2) is 0 Å². The van der Waals surface area contributed by atoms with Gasteiger partial charge in [0, 0.05) is 32.2 Å². The summed E-state index contributed by atoms with van der Waals surface area (Å²) in [5.41, 5.74) is 0. The van der Waals surface area contributed by atoms with Gasteiger partial charge in [0.15, 0.2) is 0 Å². The highest BCUT2D eigenvalue weighted by Crippen LogP contribution is 2.19. The number of nitrogens with zero attached hydrogens (tertiary/aromatic N) is 1. The minimum absolute atomic E-state index is 0.329. The van der Waals surface area contributed by atoms with Crippen molar-refractivity contribution in [3.8, 4) is 0 Å². The minimum atomic E-state index is 0.329. The summed E-state index contributed by atoms with van der Waals surface area (Å²) in [5.74, 6) is 0.870. The van der Waals surface area contributed by atoms with Gasteiger partial charge in [0.25, 0.3) is 0 Å². The van der Waals surface area contributed by atoms with Gasteiger partial charge in [0.05, 0.1) is 6.61 Å². The first-order valence-corrected chi connectivity index (χ1v) is 7.38. The number of rotatable bonds is 5. The summed E-state index contributed by atoms with van der Waals surface area (Å²) in [6, 6.07) is 0.421. The van der Waals surface area contributed by atoms with E-state index in [2.05, 4.69) is 5.32 Å². The fourth-order valence-corrected chi connectivity index (χ4v) is 2.98. The molecule has 0 aromatic carbocycles. The second-order valence-electron chi connectivity index (χ2n) is 5.50. The van der Waals surface area contributed by atoms with E-state index in [4.69, 9.17) is 4.74 Å². The van der Waals surface area contributed by atoms with E-state index in [1.807, 2.05) is 11.8 Å². The molecule has 2 fully saturated rings. The number of ether oxygens (including phenoxy) is 1. The first-order chi connectivity index (χ1) is 8.79. The zero-order chi connectivity index (χ0) is 12.8. The number of hydrogen-bond acceptors (Lipinski definition) is 3. The van der Waals surface area contributed by atoms with Gasteiger partial charge < -0.3 is 15.0 Å². The van der Waals surface area contributed by atoms with Crippen LogP contribution in [0.5, 0.6) is 0 Å². The summed E-state index contributed by atoms with van der Waals surface area (Å²) < 4.78 is 5.48. The third-order valence-electron chi connectivity index (χ3n) is 4.01. The largest absolute Gasteiger partial charge is 0.381 e. The molecule has 4 heteroatoms. The smallest absolute Gasteiger partial charge is 0.224 e. The predicted molar refractivity (Wildman–Crippen MR) is 71.4 cm³/mol. The number of carbonyl (C=O) groups is 1. The summed E-state index contributed by atoms with van der Waals surface area (Å²) in [6.07, 6.45) is 5.38. The van der Waals surface area contributed by atoms with Gasteiger partial charge in [-0.15, -0.1) is 0 Å². The standard InChI is InChI=1S/C14H26N2O2/c1-2-18-11-12-5-4-8-16(10-12)14(17)9-13-6-3-7-15-13/h12-13,15H,2-11H2,1H3. The van der Waals surface area contributed by atoms with Crippen LogP contribution in [0.3, 0.4) is 0 Å². The van der Waals surface area contributed by atoms with Crippen molar-refractivity contribution >= 4 is 5.91 Å². The maximum Gasteiger partial charge on any atom is 0.224 e. The van der Waals surface area contributed by atoms with Crippen LogP contribution in [0.4, 0.5) is 0 Å². The zero-order valence-corrected chi connectivity index (χ0v) is 11.5. The Labute approximate surface area is 110 Å². The molecule has 4 nitrogen and oxygen atoms in total. The van der Waals surface area contributed by atoms with Crippen LogP contribution < -0.4 is 5.32 Å². The van der Waals surface area contributed by atoms with Crippen LogP contribution in [0.25, 0.3) is 0 Å². The average molecular weight is 254 g/mol. The lowest BCUT2D eigenvalue weighted by Crippen LogP contribution is -2.43. The molecule has 104 valence electrons. The van der Waals surface area contributed by atoms with Crippen molar-refractivity contribution in [3.63, 3.8) is 0 Å². The van der Waals surface area contributed by atoms with Crippen LogP contribution in [0, 0.1) is 5.92 Å². The molecule has 18 heavy (non-hydrogen) atoms. The minimum Gasteiger partial charge on any atom is -0.381 e. The maximum absolute atomic E-state index is 12.2. The highest BCUT2D eigenvalue weighted by Gasteiger charge is 2.26. The van der Waals surface area contributed by atoms with E-state index in [1.54, 1.807) is 0 Å². The molecule has 2 aliphatic rings. The van der Waals surface area contributed by atoms with Gasteiger partial charge >= 0.3 is 0 Å². The summed E-state index contributed by atoms with van der Waals surface area (Å²) in [5, 5.41) is 3.40. The summed E-state index contributed by atoms with van der Waals surface area (Å²) in [6.45, 7) is 6.51. The number of nitrogens with one attached hydrogen (secondary N) is 1. The van der Waals surface area contributed by atoms with Crippen molar-refractivity contribution < 1.29 is 9.53 Å². The average Bonchev–Trinajstić information content (AvgIpc) is 2.89. The molecule has 2 unspecified atom stereocenters. The number of likely N-dealkylation sites (tertiary alicyclic amines) is 1. The molecule has 2 rings (SSSR count). The van der Waals surface area contributed by atoms with Crippen molar-refractivity contribution in [1.82, 2.24) is 10.2 Å². The van der Waals surface area contributed by atoms with Gasteiger partial charge in [-0.3, -0.25) is 4.79 Å². The number of hydrogen-bond donors (Lipinski definition) is 1. The zero-order valence-electron chi connectivity index (χ0n) is 11.5. The van der Waals surface area contributed by atoms with Crippen molar-refractivity contribution in [1.29, 1.82) is 0 Å². The highest BCUT2D eigenvalue weighted by atomic mass is 16.5. The van der Waals surface area contributed by atoms with Crippen molar-refractivity contribution in [2.24, 2.45) is 5.92 Å². The quantitative estimate of drug-likeness (QED) is 0.806. The van der Waals surface area contributed by atoms with Gasteiger partial charge in [0.2, 0.25) is 5.91 Å². The molecule has 1 amide bonds. The molecule has 0 radical (unpaired) electrons. The second kappa shape index (κ2) is 7.10. The summed E-state index contributed by atoms with van der Waals surface area (Å²) in [7, 11) is 0. The topological polar surface area (TPSA) is 41.6 Å². The van der Waals surface area contributed by atoms with E-state index in [9.17, 15) is 4.79 Å². The Hall–Kier alpha value is -0.610. The molecule has 2 saturated heterocycles. The fourth-order valence-electron chi connectivity index (χ4n) is 2.98. The number of carbonyl (C=O) groups excluding carboxylic acids is 1. The second-order valence-corrected chi connectivity index (χ2v) is 5.50. The molecular formula is C14H26N2O2. The molecule has 2 aliphatic heterocycles. The van der Waals surface area contributed by atoms with E-state index >= 15 is 0 Å². The first kappa shape index (κ1) is 13.8. The van der Waals surface area contributed by atoms with E-state index in [-0.39, 0.29) is 0 Å². The van der Waals surface area contributed by atoms with Gasteiger partial charge in [-0.2, -0.15) is 0 Å². The Morgan fingerprint density at radius 1 is 1.39 bits per heavy atom. The lowest BCUT2D eigenvalue weighted by Gasteiger charge is -2.33. The van der Waals surface area contributed by atoms with E-state index < -0.39 is 0 Å². The summed E-state index contributed by atoms with van der Waals surface area (Å²) >= 11 is 0. The highest BCUT2D eigenvalue weighted by molar-refractivity contribution is 5.77. The molecule has 2 heterocycles. The van der Waals surface area contributed by atoms with Crippen LogP contribution in [0.2, 0.25) is 0 Å². The number of piperidine rings is 1. The van der Waals surface area contributed by atoms with Crippen molar-refractivity contribution in [3.05, 3.63) is 0 Å². The third kappa shape index (κ3) is 3.95. The van der Waals surface area contributed by atoms with Gasteiger partial charge in [-0.1, -0.05) is 0 Å². The Kier molecular flexibility index (Phi) is 5.45. The Morgan fingerprint density at radius 3 is 3.00 bits per heavy atom. The molecule has 1 N–H and O–H groups in total. The predicted octanol–water partition coefficient (Wildman–Crippen LogP) is 1.40. The maximum atomic E-state index is 12.2. The normalized spacial score (nSPS) is 28.6. The van der Waals surface area contributed by atoms with E-state index in [1.165, 1.54) is 12.8 Å². The van der Waals surface area contributed by atoms with Gasteiger partial charge in [-0.05, 0) is 45.1 Å². The molecule has 0 aliphatic carbocycles. The Balaban J connectivity index is 1.74. The molecule has 0 spiro atoms. The molecule has 0 bridgehead atoms. The molecular weight excluding hydrogens is 228 g/mol. The van der Waals surface area contributed by atoms with Gasteiger partial charge in [0.1, 0.15) is 0 Å². The molecule has 0 saturated carbocycles. The lowest BCUT2D eigenvalue weighted by atomic mass is 9.98. The molecule has 2 atom stereocenters. The van der Waals surface area contributed by atoms with Crippen LogP contribution in [0.1, 0.15) is 39.0 Å². The molecule has 0 aromatic rings. The van der Waals surface area contributed by atoms with Crippen LogP contribution in [-0.4, -0.2) is 49.7 Å². The first-order valence-electron chi connectivity index (χ1n) is 7.38. The third-order valence-corrected chi connectivity index (χ3v) is 4.01. The lowest BCUT2D eigenvalue weighted by molar-refractivity contribution is -0.133. The SMILES string of the molecule is CCOCC1CCCN(C(=O)CC2CCCN2)C1. The fraction of sp³-hybridized carbons (Fsp3) is 0.929. The Bertz CT molecular complexity index is 265. The van der Waals surface area contributed by atoms with Gasteiger partial charge in [-0.25, -0.2) is 0 Å². The Morgan fingerprint density at radius 2 is 2.28 bits per heavy atom. The van der Waals surface area contributed by atoms with E-state index in [0.29, 0.717) is 24.3 Å². The monoisotopic (exact) mass is 254 g/mol. The van der Waals surface area contributed by atoms with Crippen molar-refractivity contribution in [2.45, 2.75) is 45.1 Å². The van der Waals surface area contributed by atoms with Crippen LogP contribution in [-0.2, 0) is 9.53 Å². The van der Waals surface area contributed by atoms with Crippen molar-refractivity contribution in [2.75, 3.05) is 32.8 Å². The molecule has 0 aromatic heterocycles. The van der Waals surface area contributed by atoms with E-state index in [0.717, 1.165) is 45.7 Å².